The highest BCUT2D eigenvalue weighted by atomic mass is 32.1. The van der Waals surface area contributed by atoms with Crippen LogP contribution in [0.1, 0.15) is 18.9 Å². The molecule has 1 aliphatic heterocycles. The number of piperidine rings is 1. The number of nitrogens with zero attached hydrogens (tertiary/aromatic N) is 6. The van der Waals surface area contributed by atoms with Gasteiger partial charge in [-0.1, -0.05) is 11.3 Å². The fourth-order valence-electron chi connectivity index (χ4n) is 3.40. The zero-order valence-corrected chi connectivity index (χ0v) is 14.8. The van der Waals surface area contributed by atoms with Crippen LogP contribution in [0, 0.1) is 5.82 Å². The van der Waals surface area contributed by atoms with E-state index in [1.165, 1.54) is 12.1 Å². The average molecular weight is 368 g/mol. The van der Waals surface area contributed by atoms with Crippen molar-refractivity contribution in [2.75, 3.05) is 18.0 Å². The Hall–Kier alpha value is -2.74. The number of aromatic nitrogens is 5. The summed E-state index contributed by atoms with van der Waals surface area (Å²) in [7, 11) is 0. The summed E-state index contributed by atoms with van der Waals surface area (Å²) in [5.74, 6) is -0.242. The van der Waals surface area contributed by atoms with Crippen molar-refractivity contribution in [3.05, 3.63) is 54.7 Å². The van der Waals surface area contributed by atoms with Crippen molar-refractivity contribution in [1.82, 2.24) is 24.4 Å². The van der Waals surface area contributed by atoms with E-state index in [2.05, 4.69) is 24.8 Å². The third-order valence-electron chi connectivity index (χ3n) is 4.81. The second-order valence-electron chi connectivity index (χ2n) is 6.45. The summed E-state index contributed by atoms with van der Waals surface area (Å²) in [5, 5.41) is 10.0. The molecule has 26 heavy (non-hydrogen) atoms. The van der Waals surface area contributed by atoms with E-state index in [0.717, 1.165) is 47.3 Å². The highest BCUT2D eigenvalue weighted by Gasteiger charge is 2.23. The zero-order valence-electron chi connectivity index (χ0n) is 14.0. The van der Waals surface area contributed by atoms with E-state index in [0.29, 0.717) is 6.04 Å². The van der Waals surface area contributed by atoms with Gasteiger partial charge in [0.25, 0.3) is 0 Å². The van der Waals surface area contributed by atoms with Gasteiger partial charge >= 0.3 is 0 Å². The Morgan fingerprint density at radius 2 is 1.92 bits per heavy atom. The third kappa shape index (κ3) is 2.76. The first-order valence-electron chi connectivity index (χ1n) is 8.62. The molecule has 0 N–H and O–H groups in total. The molecule has 1 aromatic carbocycles. The summed E-state index contributed by atoms with van der Waals surface area (Å²) in [4.78, 5) is 7.81. The molecule has 4 heterocycles. The Labute approximate surface area is 153 Å². The van der Waals surface area contributed by atoms with Gasteiger partial charge in [-0.15, -0.1) is 5.10 Å². The minimum atomic E-state index is -0.242. The molecule has 1 aliphatic rings. The Kier molecular flexibility index (Phi) is 3.70. The molecule has 8 heteroatoms. The van der Waals surface area contributed by atoms with Crippen LogP contribution in [0.4, 0.5) is 9.52 Å². The summed E-state index contributed by atoms with van der Waals surface area (Å²) in [5.41, 5.74) is 1.71. The lowest BCUT2D eigenvalue weighted by Gasteiger charge is -2.31. The molecule has 0 saturated carbocycles. The topological polar surface area (TPSA) is 51.2 Å². The van der Waals surface area contributed by atoms with Crippen LogP contribution in [-0.2, 0) is 0 Å². The predicted octanol–water partition coefficient (Wildman–Crippen LogP) is 3.63. The van der Waals surface area contributed by atoms with Crippen LogP contribution in [0.5, 0.6) is 0 Å². The maximum absolute atomic E-state index is 13.1. The van der Waals surface area contributed by atoms with Crippen molar-refractivity contribution < 1.29 is 4.39 Å². The molecule has 132 valence electrons. The molecule has 0 radical (unpaired) electrons. The maximum atomic E-state index is 13.1. The van der Waals surface area contributed by atoms with Crippen LogP contribution >= 0.6 is 11.3 Å². The fourth-order valence-corrected chi connectivity index (χ4v) is 4.33. The number of halogens is 1. The molecule has 0 unspecified atom stereocenters. The van der Waals surface area contributed by atoms with Gasteiger partial charge in [-0.25, -0.2) is 13.9 Å². The Morgan fingerprint density at radius 3 is 2.62 bits per heavy atom. The highest BCUT2D eigenvalue weighted by Crippen LogP contribution is 2.30. The van der Waals surface area contributed by atoms with E-state index in [1.807, 2.05) is 29.2 Å². The van der Waals surface area contributed by atoms with Gasteiger partial charge in [0.15, 0.2) is 0 Å². The lowest BCUT2D eigenvalue weighted by molar-refractivity contribution is 0.366. The van der Waals surface area contributed by atoms with Crippen molar-refractivity contribution in [2.24, 2.45) is 0 Å². The fraction of sp³-hybridized carbons (Fsp3) is 0.278. The van der Waals surface area contributed by atoms with Crippen LogP contribution < -0.4 is 4.90 Å². The maximum Gasteiger partial charge on any atom is 0.214 e. The minimum absolute atomic E-state index is 0.242. The molecule has 4 aromatic rings. The molecule has 1 fully saturated rings. The SMILES string of the molecule is Fc1ccc(-c2cn3nc(N4CCC(n5cccn5)CC4)sc3n2)cc1. The van der Waals surface area contributed by atoms with Gasteiger partial charge in [0.1, 0.15) is 5.82 Å². The molecule has 3 aromatic heterocycles. The van der Waals surface area contributed by atoms with Gasteiger partial charge in [0.05, 0.1) is 17.9 Å². The van der Waals surface area contributed by atoms with Gasteiger partial charge in [-0.2, -0.15) is 5.10 Å². The second-order valence-corrected chi connectivity index (χ2v) is 7.38. The number of rotatable bonds is 3. The monoisotopic (exact) mass is 368 g/mol. The summed E-state index contributed by atoms with van der Waals surface area (Å²) in [6, 6.07) is 8.82. The number of imidazole rings is 1. The molecule has 0 bridgehead atoms. The van der Waals surface area contributed by atoms with Crippen molar-refractivity contribution >= 4 is 21.4 Å². The van der Waals surface area contributed by atoms with E-state index in [1.54, 1.807) is 23.5 Å². The molecule has 0 amide bonds. The van der Waals surface area contributed by atoms with E-state index in [9.17, 15) is 4.39 Å². The standard InChI is InChI=1S/C18H17FN6S/c19-14-4-2-13(3-5-14)16-12-25-17(21-16)26-18(22-25)23-10-6-15(7-11-23)24-9-1-8-20-24/h1-5,8-9,12,15H,6-7,10-11H2. The van der Waals surface area contributed by atoms with Crippen molar-refractivity contribution in [3.63, 3.8) is 0 Å². The first kappa shape index (κ1) is 15.5. The van der Waals surface area contributed by atoms with E-state index >= 15 is 0 Å². The Balaban J connectivity index is 1.33. The number of hydrogen-bond acceptors (Lipinski definition) is 5. The van der Waals surface area contributed by atoms with Crippen molar-refractivity contribution in [3.8, 4) is 11.3 Å². The first-order valence-corrected chi connectivity index (χ1v) is 9.44. The molecule has 5 rings (SSSR count). The molecule has 1 saturated heterocycles. The van der Waals surface area contributed by atoms with Crippen LogP contribution in [0.3, 0.4) is 0 Å². The number of fused-ring (bicyclic) bond motifs is 1. The van der Waals surface area contributed by atoms with Crippen molar-refractivity contribution in [2.45, 2.75) is 18.9 Å². The van der Waals surface area contributed by atoms with Crippen LogP contribution in [0.15, 0.2) is 48.9 Å². The zero-order chi connectivity index (χ0) is 17.5. The number of benzene rings is 1. The molecule has 0 spiro atoms. The minimum Gasteiger partial charge on any atom is -0.347 e. The lowest BCUT2D eigenvalue weighted by atomic mass is 10.1. The Morgan fingerprint density at radius 1 is 1.12 bits per heavy atom. The Bertz CT molecular complexity index is 981. The van der Waals surface area contributed by atoms with Crippen LogP contribution in [0.25, 0.3) is 16.2 Å². The highest BCUT2D eigenvalue weighted by molar-refractivity contribution is 7.20. The number of hydrogen-bond donors (Lipinski definition) is 0. The molecule has 0 aliphatic carbocycles. The average Bonchev–Trinajstić information content (AvgIpc) is 3.39. The first-order chi connectivity index (χ1) is 12.8. The summed E-state index contributed by atoms with van der Waals surface area (Å²) >= 11 is 1.59. The number of anilines is 1. The predicted molar refractivity (Wildman–Crippen MR) is 99.0 cm³/mol. The third-order valence-corrected chi connectivity index (χ3v) is 5.79. The largest absolute Gasteiger partial charge is 0.347 e. The molecular formula is C18H17FN6S. The van der Waals surface area contributed by atoms with Gasteiger partial charge in [-0.05, 0) is 43.2 Å². The molecular weight excluding hydrogens is 351 g/mol. The summed E-state index contributed by atoms with van der Waals surface area (Å²) in [6.45, 7) is 1.93. The van der Waals surface area contributed by atoms with Crippen LogP contribution in [0.2, 0.25) is 0 Å². The van der Waals surface area contributed by atoms with E-state index < -0.39 is 0 Å². The van der Waals surface area contributed by atoms with Gasteiger partial charge in [-0.3, -0.25) is 4.68 Å². The smallest absolute Gasteiger partial charge is 0.214 e. The van der Waals surface area contributed by atoms with Crippen molar-refractivity contribution in [1.29, 1.82) is 0 Å². The summed E-state index contributed by atoms with van der Waals surface area (Å²) in [6.07, 6.45) is 7.89. The van der Waals surface area contributed by atoms with E-state index in [4.69, 9.17) is 0 Å². The molecule has 6 nitrogen and oxygen atoms in total. The second kappa shape index (κ2) is 6.21. The quantitative estimate of drug-likeness (QED) is 0.554. The van der Waals surface area contributed by atoms with E-state index in [-0.39, 0.29) is 5.82 Å². The van der Waals surface area contributed by atoms with Gasteiger partial charge in [0.2, 0.25) is 10.1 Å². The van der Waals surface area contributed by atoms with Gasteiger partial charge < -0.3 is 4.90 Å². The summed E-state index contributed by atoms with van der Waals surface area (Å²) < 4.78 is 17.0. The lowest BCUT2D eigenvalue weighted by Crippen LogP contribution is -2.34. The molecule has 0 atom stereocenters. The van der Waals surface area contributed by atoms with Crippen LogP contribution in [-0.4, -0.2) is 37.5 Å². The normalized spacial score (nSPS) is 15.8. The van der Waals surface area contributed by atoms with Gasteiger partial charge in [0, 0.05) is 31.0 Å².